The molecule has 0 aliphatic heterocycles. The van der Waals surface area contributed by atoms with Gasteiger partial charge in [0.25, 0.3) is 0 Å². The van der Waals surface area contributed by atoms with Gasteiger partial charge in [-0.15, -0.1) is 0 Å². The number of hydrogen-bond donors (Lipinski definition) is 0. The van der Waals surface area contributed by atoms with Crippen LogP contribution in [-0.4, -0.2) is 9.46 Å². The van der Waals surface area contributed by atoms with Crippen molar-refractivity contribution in [1.29, 1.82) is 5.26 Å². The summed E-state index contributed by atoms with van der Waals surface area (Å²) in [6.07, 6.45) is 3.77. The molecule has 1 aromatic carbocycles. The molecule has 0 heterocycles. The molecule has 0 amide bonds. The minimum atomic E-state index is -1.22. The van der Waals surface area contributed by atoms with Gasteiger partial charge in [0.05, 0.1) is 28.0 Å². The molecule has 19 heavy (non-hydrogen) atoms. The van der Waals surface area contributed by atoms with Gasteiger partial charge in [-0.1, -0.05) is 13.3 Å². The summed E-state index contributed by atoms with van der Waals surface area (Å²) in [5.74, 6) is 0.0837. The van der Waals surface area contributed by atoms with Crippen LogP contribution in [0.4, 0.5) is 4.39 Å². The van der Waals surface area contributed by atoms with Gasteiger partial charge in [0, 0.05) is 4.90 Å². The molecule has 1 fully saturated rings. The van der Waals surface area contributed by atoms with Gasteiger partial charge in [0.15, 0.2) is 0 Å². The first kappa shape index (κ1) is 14.2. The molecule has 0 saturated heterocycles. The van der Waals surface area contributed by atoms with Crippen LogP contribution < -0.4 is 0 Å². The van der Waals surface area contributed by atoms with Gasteiger partial charge in [-0.2, -0.15) is 5.26 Å². The number of hydrogen-bond acceptors (Lipinski definition) is 2. The third kappa shape index (κ3) is 3.22. The van der Waals surface area contributed by atoms with Gasteiger partial charge >= 0.3 is 0 Å². The lowest BCUT2D eigenvalue weighted by atomic mass is 9.81. The topological polar surface area (TPSA) is 40.9 Å². The number of benzene rings is 1. The second kappa shape index (κ2) is 6.29. The summed E-state index contributed by atoms with van der Waals surface area (Å²) >= 11 is 0. The van der Waals surface area contributed by atoms with Crippen LogP contribution in [0.15, 0.2) is 29.2 Å². The highest BCUT2D eigenvalue weighted by molar-refractivity contribution is 7.85. The van der Waals surface area contributed by atoms with Crippen molar-refractivity contribution in [2.45, 2.75) is 42.8 Å². The first-order valence-electron chi connectivity index (χ1n) is 6.71. The summed E-state index contributed by atoms with van der Waals surface area (Å²) in [6, 6.07) is 8.08. The van der Waals surface area contributed by atoms with Crippen LogP contribution in [0.2, 0.25) is 0 Å². The predicted molar refractivity (Wildman–Crippen MR) is 73.3 cm³/mol. The van der Waals surface area contributed by atoms with Crippen molar-refractivity contribution in [2.75, 3.05) is 0 Å². The largest absolute Gasteiger partial charge is 0.254 e. The molecule has 2 nitrogen and oxygen atoms in total. The van der Waals surface area contributed by atoms with E-state index in [0.29, 0.717) is 10.8 Å². The van der Waals surface area contributed by atoms with E-state index < -0.39 is 10.8 Å². The number of nitrogens with zero attached hydrogens (tertiary/aromatic N) is 1. The lowest BCUT2D eigenvalue weighted by Gasteiger charge is -2.31. The zero-order valence-corrected chi connectivity index (χ0v) is 11.8. The fourth-order valence-corrected chi connectivity index (χ4v) is 4.41. The van der Waals surface area contributed by atoms with Crippen LogP contribution in [0.1, 0.15) is 32.6 Å². The van der Waals surface area contributed by atoms with Gasteiger partial charge < -0.3 is 0 Å². The Balaban J connectivity index is 2.19. The highest BCUT2D eigenvalue weighted by Crippen LogP contribution is 2.35. The Morgan fingerprint density at radius 3 is 2.63 bits per heavy atom. The van der Waals surface area contributed by atoms with Crippen molar-refractivity contribution in [2.24, 2.45) is 11.8 Å². The molecule has 0 aromatic heterocycles. The molecule has 0 radical (unpaired) electrons. The molecule has 1 saturated carbocycles. The van der Waals surface area contributed by atoms with Gasteiger partial charge in [-0.3, -0.25) is 4.21 Å². The molecule has 0 N–H and O–H groups in total. The van der Waals surface area contributed by atoms with E-state index in [1.54, 1.807) is 12.1 Å². The van der Waals surface area contributed by atoms with E-state index in [9.17, 15) is 13.9 Å². The minimum Gasteiger partial charge on any atom is -0.254 e. The molecule has 4 heteroatoms. The quantitative estimate of drug-likeness (QED) is 0.847. The molecule has 0 bridgehead atoms. The van der Waals surface area contributed by atoms with Crippen LogP contribution >= 0.6 is 0 Å². The van der Waals surface area contributed by atoms with Crippen molar-refractivity contribution in [3.8, 4) is 6.07 Å². The lowest BCUT2D eigenvalue weighted by Crippen LogP contribution is -2.32. The molecule has 1 aliphatic carbocycles. The molecule has 0 spiro atoms. The Bertz CT molecular complexity index is 494. The maximum atomic E-state index is 12.9. The summed E-state index contributed by atoms with van der Waals surface area (Å²) in [4.78, 5) is 0.628. The van der Waals surface area contributed by atoms with Gasteiger partial charge in [0.2, 0.25) is 0 Å². The van der Waals surface area contributed by atoms with Crippen LogP contribution in [0, 0.1) is 29.0 Å². The first-order valence-corrected chi connectivity index (χ1v) is 7.92. The number of nitriles is 1. The maximum Gasteiger partial charge on any atom is 0.123 e. The second-order valence-electron chi connectivity index (χ2n) is 5.11. The van der Waals surface area contributed by atoms with E-state index in [1.807, 2.05) is 0 Å². The van der Waals surface area contributed by atoms with Gasteiger partial charge in [-0.25, -0.2) is 4.39 Å². The summed E-state index contributed by atoms with van der Waals surface area (Å²) in [5, 5.41) is 9.10. The van der Waals surface area contributed by atoms with Crippen LogP contribution in [0.3, 0.4) is 0 Å². The molecule has 1 aromatic rings. The molecule has 2 rings (SSSR count). The fourth-order valence-electron chi connectivity index (χ4n) is 2.71. The molecule has 1 aliphatic rings. The lowest BCUT2D eigenvalue weighted by molar-refractivity contribution is 0.313. The van der Waals surface area contributed by atoms with E-state index in [4.69, 9.17) is 0 Å². The van der Waals surface area contributed by atoms with Crippen molar-refractivity contribution in [3.05, 3.63) is 30.1 Å². The smallest absolute Gasteiger partial charge is 0.123 e. The van der Waals surface area contributed by atoms with Crippen molar-refractivity contribution >= 4 is 10.8 Å². The third-order valence-electron chi connectivity index (χ3n) is 3.96. The minimum absolute atomic E-state index is 0.117. The standard InChI is InChI=1S/C15H18FNOS/c1-2-11-3-4-12(10-17)15(9-11)19(18)14-7-5-13(16)6-8-14/h5-8,11-12,15H,2-4,9H2,1H3. The summed E-state index contributed by atoms with van der Waals surface area (Å²) in [7, 11) is -1.22. The van der Waals surface area contributed by atoms with Crippen LogP contribution in [0.25, 0.3) is 0 Å². The number of halogens is 1. The van der Waals surface area contributed by atoms with E-state index >= 15 is 0 Å². The van der Waals surface area contributed by atoms with Gasteiger partial charge in [-0.05, 0) is 49.4 Å². The maximum absolute atomic E-state index is 12.9. The zero-order chi connectivity index (χ0) is 13.8. The van der Waals surface area contributed by atoms with Crippen molar-refractivity contribution in [3.63, 3.8) is 0 Å². The Labute approximate surface area is 116 Å². The van der Waals surface area contributed by atoms with Gasteiger partial charge in [0.1, 0.15) is 5.82 Å². The van der Waals surface area contributed by atoms with Crippen LogP contribution in [-0.2, 0) is 10.8 Å². The Hall–Kier alpha value is -1.21. The molecule has 4 atom stereocenters. The highest BCUT2D eigenvalue weighted by Gasteiger charge is 2.34. The Morgan fingerprint density at radius 2 is 2.05 bits per heavy atom. The predicted octanol–water partition coefficient (Wildman–Crippen LogP) is 3.65. The molecular weight excluding hydrogens is 261 g/mol. The number of rotatable bonds is 3. The Kier molecular flexibility index (Phi) is 4.71. The molecular formula is C15H18FNOS. The average Bonchev–Trinajstić information content (AvgIpc) is 2.46. The third-order valence-corrected chi connectivity index (χ3v) is 5.77. The summed E-state index contributed by atoms with van der Waals surface area (Å²) in [6.45, 7) is 2.13. The summed E-state index contributed by atoms with van der Waals surface area (Å²) < 4.78 is 25.5. The van der Waals surface area contributed by atoms with Crippen LogP contribution in [0.5, 0.6) is 0 Å². The second-order valence-corrected chi connectivity index (χ2v) is 6.78. The SMILES string of the molecule is CCC1CCC(C#N)C(S(=O)c2ccc(F)cc2)C1. The fraction of sp³-hybridized carbons (Fsp3) is 0.533. The van der Waals surface area contributed by atoms with Crippen molar-refractivity contribution in [1.82, 2.24) is 0 Å². The van der Waals surface area contributed by atoms with E-state index in [1.165, 1.54) is 12.1 Å². The highest BCUT2D eigenvalue weighted by atomic mass is 32.2. The van der Waals surface area contributed by atoms with E-state index in [2.05, 4.69) is 13.0 Å². The Morgan fingerprint density at radius 1 is 1.37 bits per heavy atom. The van der Waals surface area contributed by atoms with E-state index in [0.717, 1.165) is 25.7 Å². The monoisotopic (exact) mass is 279 g/mol. The van der Waals surface area contributed by atoms with Crippen molar-refractivity contribution < 1.29 is 8.60 Å². The first-order chi connectivity index (χ1) is 9.15. The summed E-state index contributed by atoms with van der Waals surface area (Å²) in [5.41, 5.74) is 0. The molecule has 4 unspecified atom stereocenters. The van der Waals surface area contributed by atoms with E-state index in [-0.39, 0.29) is 17.0 Å². The molecule has 102 valence electrons. The average molecular weight is 279 g/mol. The zero-order valence-electron chi connectivity index (χ0n) is 11.0. The normalized spacial score (nSPS) is 28.6.